The summed E-state index contributed by atoms with van der Waals surface area (Å²) in [5.74, 6) is -1.21. The Hall–Kier alpha value is -4.17. The summed E-state index contributed by atoms with van der Waals surface area (Å²) in [4.78, 5) is 32.3. The number of aliphatic carboxylic acids is 2. The fourth-order valence-electron chi connectivity index (χ4n) is 5.04. The minimum Gasteiger partial charge on any atom is -0.493 e. The number of piperidine rings is 1. The van der Waals surface area contributed by atoms with Crippen molar-refractivity contribution in [3.05, 3.63) is 95.6 Å². The van der Waals surface area contributed by atoms with Gasteiger partial charge in [0.25, 0.3) is 0 Å². The predicted octanol–water partition coefficient (Wildman–Crippen LogP) is 5.37. The van der Waals surface area contributed by atoms with Crippen LogP contribution < -0.4 is 9.47 Å². The van der Waals surface area contributed by atoms with Crippen LogP contribution in [-0.2, 0) is 9.59 Å². The van der Waals surface area contributed by atoms with Crippen molar-refractivity contribution in [2.75, 3.05) is 33.4 Å². The van der Waals surface area contributed by atoms with E-state index in [2.05, 4.69) is 65.6 Å². The summed E-state index contributed by atoms with van der Waals surface area (Å²) in [7, 11) is 1.61. The summed E-state index contributed by atoms with van der Waals surface area (Å²) >= 11 is 0. The summed E-state index contributed by atoms with van der Waals surface area (Å²) in [6, 6.07) is 27.3. The monoisotopic (exact) mass is 547 g/mol. The lowest BCUT2D eigenvalue weighted by molar-refractivity contribution is -0.159. The fraction of sp³-hybridized carbons (Fsp3) is 0.344. The van der Waals surface area contributed by atoms with Crippen molar-refractivity contribution in [3.8, 4) is 11.5 Å². The molecule has 0 atom stereocenters. The number of ether oxygens (including phenoxy) is 2. The molecule has 0 aliphatic carbocycles. The lowest BCUT2D eigenvalue weighted by Crippen LogP contribution is -2.36. The number of benzene rings is 3. The number of methoxy groups -OCH3 is 1. The maximum absolute atomic E-state index is 11.6. The highest BCUT2D eigenvalue weighted by atomic mass is 16.5. The Balaban J connectivity index is 0.000000663. The first-order valence-corrected chi connectivity index (χ1v) is 13.4. The first-order chi connectivity index (χ1) is 19.3. The van der Waals surface area contributed by atoms with Gasteiger partial charge < -0.3 is 24.6 Å². The summed E-state index contributed by atoms with van der Waals surface area (Å²) < 4.78 is 11.4. The van der Waals surface area contributed by atoms with Crippen LogP contribution >= 0.6 is 0 Å². The molecule has 0 radical (unpaired) electrons. The lowest BCUT2D eigenvalue weighted by atomic mass is 9.76. The van der Waals surface area contributed by atoms with Crippen molar-refractivity contribution >= 4 is 17.7 Å². The van der Waals surface area contributed by atoms with Gasteiger partial charge in [-0.25, -0.2) is 9.59 Å². The molecule has 3 aromatic carbocycles. The van der Waals surface area contributed by atoms with Gasteiger partial charge in [0.1, 0.15) is 0 Å². The lowest BCUT2D eigenvalue weighted by Gasteiger charge is -2.36. The van der Waals surface area contributed by atoms with Crippen LogP contribution in [0.25, 0.3) is 0 Å². The van der Waals surface area contributed by atoms with Crippen LogP contribution in [-0.4, -0.2) is 66.2 Å². The predicted molar refractivity (Wildman–Crippen MR) is 152 cm³/mol. The number of carbonyl (C=O) groups excluding carboxylic acids is 1. The number of carbonyl (C=O) groups is 3. The van der Waals surface area contributed by atoms with E-state index in [9.17, 15) is 4.79 Å². The van der Waals surface area contributed by atoms with Gasteiger partial charge in [-0.2, -0.15) is 0 Å². The molecule has 212 valence electrons. The van der Waals surface area contributed by atoms with E-state index < -0.39 is 11.9 Å². The smallest absolute Gasteiger partial charge is 0.414 e. The molecule has 1 fully saturated rings. The average Bonchev–Trinajstić information content (AvgIpc) is 2.97. The molecule has 0 saturated carbocycles. The second-order valence-electron chi connectivity index (χ2n) is 9.71. The van der Waals surface area contributed by atoms with Crippen LogP contribution in [0, 0.1) is 5.92 Å². The Morgan fingerprint density at radius 3 is 1.88 bits per heavy atom. The average molecular weight is 548 g/mol. The first kappa shape index (κ1) is 30.4. The van der Waals surface area contributed by atoms with E-state index in [-0.39, 0.29) is 5.78 Å². The molecule has 1 saturated heterocycles. The maximum Gasteiger partial charge on any atom is 0.414 e. The van der Waals surface area contributed by atoms with Crippen molar-refractivity contribution in [3.63, 3.8) is 0 Å². The molecule has 2 N–H and O–H groups in total. The van der Waals surface area contributed by atoms with Crippen molar-refractivity contribution in [2.45, 2.75) is 32.1 Å². The van der Waals surface area contributed by atoms with Crippen molar-refractivity contribution in [1.82, 2.24) is 4.90 Å². The Morgan fingerprint density at radius 1 is 0.850 bits per heavy atom. The van der Waals surface area contributed by atoms with E-state index in [4.69, 9.17) is 29.3 Å². The SMILES string of the molecule is COc1cc(C(C)=O)ccc1OCCCN1CCC(C(c2ccccc2)c2ccccc2)CC1.O=C(O)C(=O)O. The third-order valence-electron chi connectivity index (χ3n) is 7.05. The topological polar surface area (TPSA) is 113 Å². The number of Topliss-reactive ketones (excluding diaryl/α,β-unsaturated/α-hetero) is 1. The standard InChI is InChI=1S/C30H35NO3.C2H2O4/c1-23(32)27-14-15-28(29(22-27)33-2)34-21-9-18-31-19-16-26(17-20-31)30(24-10-5-3-6-11-24)25-12-7-4-8-13-25;3-1(4)2(5)6/h3-8,10-15,22,26,30H,9,16-21H2,1-2H3;(H,3,4)(H,5,6). The molecule has 40 heavy (non-hydrogen) atoms. The minimum atomic E-state index is -1.82. The van der Waals surface area contributed by atoms with Crippen LogP contribution in [0.1, 0.15) is 53.6 Å². The van der Waals surface area contributed by atoms with E-state index in [1.165, 1.54) is 24.0 Å². The molecule has 1 aliphatic heterocycles. The molecule has 0 unspecified atom stereocenters. The molecule has 8 nitrogen and oxygen atoms in total. The zero-order valence-electron chi connectivity index (χ0n) is 23.0. The summed E-state index contributed by atoms with van der Waals surface area (Å²) in [6.45, 7) is 5.46. The molecule has 0 amide bonds. The third kappa shape index (κ3) is 8.95. The van der Waals surface area contributed by atoms with Crippen molar-refractivity contribution in [1.29, 1.82) is 0 Å². The number of rotatable bonds is 10. The molecule has 0 bridgehead atoms. The molecular weight excluding hydrogens is 510 g/mol. The second kappa shape index (κ2) is 15.4. The fourth-order valence-corrected chi connectivity index (χ4v) is 5.04. The van der Waals surface area contributed by atoms with Gasteiger partial charge in [-0.05, 0) is 74.5 Å². The Labute approximate surface area is 235 Å². The van der Waals surface area contributed by atoms with Gasteiger partial charge in [0, 0.05) is 18.0 Å². The van der Waals surface area contributed by atoms with Gasteiger partial charge >= 0.3 is 11.9 Å². The Morgan fingerprint density at radius 2 is 1.40 bits per heavy atom. The van der Waals surface area contributed by atoms with E-state index >= 15 is 0 Å². The van der Waals surface area contributed by atoms with Gasteiger partial charge in [-0.15, -0.1) is 0 Å². The number of nitrogens with zero attached hydrogens (tertiary/aromatic N) is 1. The molecule has 1 aliphatic rings. The number of carboxylic acids is 2. The number of carboxylic acid groups (broad SMARTS) is 2. The zero-order chi connectivity index (χ0) is 28.9. The van der Waals surface area contributed by atoms with Crippen LogP contribution in [0.3, 0.4) is 0 Å². The minimum absolute atomic E-state index is 0.0232. The van der Waals surface area contributed by atoms with Gasteiger partial charge in [-0.3, -0.25) is 4.79 Å². The molecule has 4 rings (SSSR count). The maximum atomic E-state index is 11.6. The normalized spacial score (nSPS) is 13.7. The first-order valence-electron chi connectivity index (χ1n) is 13.4. The van der Waals surface area contributed by atoms with Crippen molar-refractivity contribution < 1.29 is 34.1 Å². The van der Waals surface area contributed by atoms with Crippen LogP contribution in [0.5, 0.6) is 11.5 Å². The molecule has 0 aromatic heterocycles. The number of hydrogen-bond acceptors (Lipinski definition) is 6. The quantitative estimate of drug-likeness (QED) is 0.198. The van der Waals surface area contributed by atoms with Crippen LogP contribution in [0.2, 0.25) is 0 Å². The zero-order valence-corrected chi connectivity index (χ0v) is 23.0. The highest BCUT2D eigenvalue weighted by Crippen LogP contribution is 2.38. The number of hydrogen-bond donors (Lipinski definition) is 2. The van der Waals surface area contributed by atoms with Crippen LogP contribution in [0.15, 0.2) is 78.9 Å². The summed E-state index contributed by atoms with van der Waals surface area (Å²) in [6.07, 6.45) is 3.37. The van der Waals surface area contributed by atoms with E-state index in [1.54, 1.807) is 26.2 Å². The van der Waals surface area contributed by atoms with Crippen LogP contribution in [0.4, 0.5) is 0 Å². The van der Waals surface area contributed by atoms with Gasteiger partial charge in [0.15, 0.2) is 17.3 Å². The van der Waals surface area contributed by atoms with Gasteiger partial charge in [0.05, 0.1) is 13.7 Å². The Bertz CT molecular complexity index is 1190. The molecule has 0 spiro atoms. The molecule has 3 aromatic rings. The van der Waals surface area contributed by atoms with E-state index in [1.807, 2.05) is 6.07 Å². The van der Waals surface area contributed by atoms with E-state index in [0.717, 1.165) is 26.1 Å². The number of ketones is 1. The highest BCUT2D eigenvalue weighted by molar-refractivity contribution is 6.27. The van der Waals surface area contributed by atoms with Crippen molar-refractivity contribution in [2.24, 2.45) is 5.92 Å². The number of likely N-dealkylation sites (tertiary alicyclic amines) is 1. The molecule has 8 heteroatoms. The highest BCUT2D eigenvalue weighted by Gasteiger charge is 2.28. The van der Waals surface area contributed by atoms with E-state index in [0.29, 0.717) is 35.5 Å². The third-order valence-corrected chi connectivity index (χ3v) is 7.05. The molecular formula is C32H37NO7. The van der Waals surface area contributed by atoms with Gasteiger partial charge in [-0.1, -0.05) is 60.7 Å². The summed E-state index contributed by atoms with van der Waals surface area (Å²) in [5.41, 5.74) is 3.48. The second-order valence-corrected chi connectivity index (χ2v) is 9.71. The molecule has 1 heterocycles. The van der Waals surface area contributed by atoms with Gasteiger partial charge in [0.2, 0.25) is 0 Å². The summed E-state index contributed by atoms with van der Waals surface area (Å²) in [5, 5.41) is 14.8. The Kier molecular flexibility index (Phi) is 11.7. The largest absolute Gasteiger partial charge is 0.493 e.